The largest absolute Gasteiger partial charge is 0.480 e. The maximum absolute atomic E-state index is 12.1. The van der Waals surface area contributed by atoms with Gasteiger partial charge in [-0.25, -0.2) is 0 Å². The van der Waals surface area contributed by atoms with Gasteiger partial charge in [0.15, 0.2) is 0 Å². The zero-order valence-electron chi connectivity index (χ0n) is 11.2. The summed E-state index contributed by atoms with van der Waals surface area (Å²) in [4.78, 5) is 25.1. The molecule has 2 atom stereocenters. The first-order valence-electron chi connectivity index (χ1n) is 6.31. The van der Waals surface area contributed by atoms with Gasteiger partial charge in [-0.2, -0.15) is 0 Å². The highest BCUT2D eigenvalue weighted by molar-refractivity contribution is 8.01. The molecule has 20 heavy (non-hydrogen) atoms. The minimum absolute atomic E-state index is 0.0648. The number of rotatable bonds is 6. The number of carboxylic acids is 1. The minimum atomic E-state index is -0.930. The minimum Gasteiger partial charge on any atom is -0.480 e. The molecule has 0 saturated carbocycles. The normalized spacial score (nSPS) is 23.1. The summed E-state index contributed by atoms with van der Waals surface area (Å²) in [5.41, 5.74) is 0. The monoisotopic (exact) mass is 299 g/mol. The molecule has 0 aliphatic carbocycles. The number of amides is 1. The van der Waals surface area contributed by atoms with Gasteiger partial charge in [0, 0.05) is 20.3 Å². The molecular formula is C13H17NO5S. The zero-order valence-corrected chi connectivity index (χ0v) is 12.0. The standard InChI is InChI=1S/C13H17NO5S/c1-18-6-3-5-14-10(15)8-20-12(13(16)17)11(14)9-4-2-7-19-9/h2,4,7,11-12H,3,5-6,8H2,1H3,(H,16,17). The number of aliphatic carboxylic acids is 1. The van der Waals surface area contributed by atoms with Gasteiger partial charge in [-0.3, -0.25) is 9.59 Å². The number of hydrogen-bond acceptors (Lipinski definition) is 5. The number of ether oxygens (including phenoxy) is 1. The molecular weight excluding hydrogens is 282 g/mol. The fraction of sp³-hybridized carbons (Fsp3) is 0.538. The summed E-state index contributed by atoms with van der Waals surface area (Å²) in [7, 11) is 1.60. The molecule has 1 N–H and O–H groups in total. The lowest BCUT2D eigenvalue weighted by molar-refractivity contribution is -0.140. The van der Waals surface area contributed by atoms with Gasteiger partial charge in [0.05, 0.1) is 12.0 Å². The third-order valence-electron chi connectivity index (χ3n) is 3.15. The number of furan rings is 1. The summed E-state index contributed by atoms with van der Waals surface area (Å²) in [5, 5.41) is 8.65. The van der Waals surface area contributed by atoms with Crippen LogP contribution < -0.4 is 0 Å². The Morgan fingerprint density at radius 3 is 3.05 bits per heavy atom. The molecule has 1 aromatic heterocycles. The molecule has 0 spiro atoms. The molecule has 1 saturated heterocycles. The van der Waals surface area contributed by atoms with Gasteiger partial charge in [-0.1, -0.05) is 0 Å². The highest BCUT2D eigenvalue weighted by Crippen LogP contribution is 2.37. The maximum Gasteiger partial charge on any atom is 0.319 e. The second kappa shape index (κ2) is 6.81. The van der Waals surface area contributed by atoms with E-state index in [1.165, 1.54) is 6.26 Å². The molecule has 1 aliphatic rings. The summed E-state index contributed by atoms with van der Waals surface area (Å²) in [6.07, 6.45) is 2.15. The molecule has 1 aliphatic heterocycles. The molecule has 1 amide bonds. The average molecular weight is 299 g/mol. The van der Waals surface area contributed by atoms with Gasteiger partial charge >= 0.3 is 5.97 Å². The lowest BCUT2D eigenvalue weighted by Gasteiger charge is -2.37. The van der Waals surface area contributed by atoms with Crippen LogP contribution in [0.25, 0.3) is 0 Å². The molecule has 0 bridgehead atoms. The summed E-state index contributed by atoms with van der Waals surface area (Å²) in [5.74, 6) is -0.303. The van der Waals surface area contributed by atoms with Crippen LogP contribution in [0.5, 0.6) is 0 Å². The SMILES string of the molecule is COCCCN1C(=O)CSC(C(=O)O)C1c1ccco1. The number of carbonyl (C=O) groups excluding carboxylic acids is 1. The molecule has 1 fully saturated rings. The van der Waals surface area contributed by atoms with Gasteiger partial charge in [0.25, 0.3) is 0 Å². The van der Waals surface area contributed by atoms with Crippen molar-refractivity contribution in [1.82, 2.24) is 4.90 Å². The van der Waals surface area contributed by atoms with Crippen molar-refractivity contribution < 1.29 is 23.8 Å². The van der Waals surface area contributed by atoms with Crippen molar-refractivity contribution in [2.45, 2.75) is 17.7 Å². The first-order valence-corrected chi connectivity index (χ1v) is 7.36. The van der Waals surface area contributed by atoms with E-state index in [0.29, 0.717) is 25.3 Å². The van der Waals surface area contributed by atoms with Crippen LogP contribution in [0.2, 0.25) is 0 Å². The predicted octanol–water partition coefficient (Wildman–Crippen LogP) is 1.39. The number of nitrogens with zero attached hydrogens (tertiary/aromatic N) is 1. The van der Waals surface area contributed by atoms with Crippen LogP contribution in [0.1, 0.15) is 18.2 Å². The van der Waals surface area contributed by atoms with E-state index in [1.54, 1.807) is 24.1 Å². The molecule has 110 valence electrons. The molecule has 7 heteroatoms. The van der Waals surface area contributed by atoms with Crippen LogP contribution in [0.4, 0.5) is 0 Å². The third kappa shape index (κ3) is 3.16. The topological polar surface area (TPSA) is 80.0 Å². The Hall–Kier alpha value is -1.47. The lowest BCUT2D eigenvalue weighted by atomic mass is 10.1. The smallest absolute Gasteiger partial charge is 0.319 e. The van der Waals surface area contributed by atoms with E-state index in [1.807, 2.05) is 0 Å². The van der Waals surface area contributed by atoms with E-state index in [9.17, 15) is 14.7 Å². The Balaban J connectivity index is 2.22. The second-order valence-electron chi connectivity index (χ2n) is 4.46. The quantitative estimate of drug-likeness (QED) is 0.800. The first-order chi connectivity index (χ1) is 9.65. The third-order valence-corrected chi connectivity index (χ3v) is 4.39. The Kier molecular flexibility index (Phi) is 5.08. The van der Waals surface area contributed by atoms with Crippen molar-refractivity contribution in [3.63, 3.8) is 0 Å². The number of hydrogen-bond donors (Lipinski definition) is 1. The van der Waals surface area contributed by atoms with E-state index < -0.39 is 17.3 Å². The fourth-order valence-corrected chi connectivity index (χ4v) is 3.36. The highest BCUT2D eigenvalue weighted by Gasteiger charge is 2.42. The van der Waals surface area contributed by atoms with Crippen molar-refractivity contribution in [3.8, 4) is 0 Å². The van der Waals surface area contributed by atoms with E-state index >= 15 is 0 Å². The molecule has 2 unspecified atom stereocenters. The van der Waals surface area contributed by atoms with Crippen LogP contribution >= 0.6 is 11.8 Å². The zero-order chi connectivity index (χ0) is 14.5. The molecule has 0 radical (unpaired) electrons. The molecule has 2 heterocycles. The van der Waals surface area contributed by atoms with E-state index in [2.05, 4.69) is 0 Å². The highest BCUT2D eigenvalue weighted by atomic mass is 32.2. The predicted molar refractivity (Wildman–Crippen MR) is 73.5 cm³/mol. The Morgan fingerprint density at radius 2 is 2.45 bits per heavy atom. The van der Waals surface area contributed by atoms with E-state index in [-0.39, 0.29) is 11.7 Å². The fourth-order valence-electron chi connectivity index (χ4n) is 2.27. The summed E-state index contributed by atoms with van der Waals surface area (Å²) < 4.78 is 10.3. The maximum atomic E-state index is 12.1. The number of methoxy groups -OCH3 is 1. The number of carboxylic acid groups (broad SMARTS) is 1. The molecule has 0 aromatic carbocycles. The van der Waals surface area contributed by atoms with Crippen molar-refractivity contribution in [1.29, 1.82) is 0 Å². The Morgan fingerprint density at radius 1 is 1.65 bits per heavy atom. The summed E-state index contributed by atoms with van der Waals surface area (Å²) in [6, 6.07) is 2.85. The summed E-state index contributed by atoms with van der Waals surface area (Å²) >= 11 is 1.15. The first kappa shape index (κ1) is 14.9. The number of thioether (sulfide) groups is 1. The van der Waals surface area contributed by atoms with Crippen molar-refractivity contribution in [2.24, 2.45) is 0 Å². The van der Waals surface area contributed by atoms with Crippen LogP contribution in [-0.2, 0) is 14.3 Å². The van der Waals surface area contributed by atoms with Crippen LogP contribution in [0.15, 0.2) is 22.8 Å². The molecule has 6 nitrogen and oxygen atoms in total. The lowest BCUT2D eigenvalue weighted by Crippen LogP contribution is -2.48. The van der Waals surface area contributed by atoms with Gasteiger partial charge in [0.2, 0.25) is 5.91 Å². The Bertz CT molecular complexity index is 461. The van der Waals surface area contributed by atoms with Gasteiger partial charge in [-0.05, 0) is 18.6 Å². The van der Waals surface area contributed by atoms with Gasteiger partial charge in [0.1, 0.15) is 17.1 Å². The van der Waals surface area contributed by atoms with Crippen LogP contribution in [-0.4, -0.2) is 53.1 Å². The van der Waals surface area contributed by atoms with Crippen molar-refractivity contribution in [2.75, 3.05) is 26.0 Å². The van der Waals surface area contributed by atoms with E-state index in [0.717, 1.165) is 11.8 Å². The molecule has 1 aromatic rings. The van der Waals surface area contributed by atoms with Gasteiger partial charge in [-0.15, -0.1) is 11.8 Å². The Labute approximate surface area is 121 Å². The van der Waals surface area contributed by atoms with Gasteiger partial charge < -0.3 is 19.2 Å². The molecule has 2 rings (SSSR count). The average Bonchev–Trinajstić information content (AvgIpc) is 2.93. The summed E-state index contributed by atoms with van der Waals surface area (Å²) in [6.45, 7) is 0.988. The number of carbonyl (C=O) groups is 2. The van der Waals surface area contributed by atoms with Crippen molar-refractivity contribution >= 4 is 23.6 Å². The van der Waals surface area contributed by atoms with Crippen LogP contribution in [0, 0.1) is 0 Å². The van der Waals surface area contributed by atoms with Crippen LogP contribution in [0.3, 0.4) is 0 Å². The second-order valence-corrected chi connectivity index (χ2v) is 5.59. The van der Waals surface area contributed by atoms with E-state index in [4.69, 9.17) is 9.15 Å². The van der Waals surface area contributed by atoms with Crippen molar-refractivity contribution in [3.05, 3.63) is 24.2 Å².